The maximum atomic E-state index is 12.8. The minimum atomic E-state index is -0.0432. The summed E-state index contributed by atoms with van der Waals surface area (Å²) in [5, 5.41) is 4.74. The van der Waals surface area contributed by atoms with E-state index < -0.39 is 0 Å². The highest BCUT2D eigenvalue weighted by atomic mass is 35.5. The van der Waals surface area contributed by atoms with E-state index in [4.69, 9.17) is 11.6 Å². The Hall–Kier alpha value is -0.690. The molecule has 1 aliphatic carbocycles. The number of nitrogens with one attached hydrogen (secondary N) is 1. The van der Waals surface area contributed by atoms with Crippen molar-refractivity contribution in [1.29, 1.82) is 0 Å². The van der Waals surface area contributed by atoms with Crippen LogP contribution in [-0.2, 0) is 4.79 Å². The lowest BCUT2D eigenvalue weighted by molar-refractivity contribution is -0.126. The van der Waals surface area contributed by atoms with Gasteiger partial charge in [0, 0.05) is 37.6 Å². The van der Waals surface area contributed by atoms with Crippen LogP contribution in [0.25, 0.3) is 0 Å². The molecule has 3 aliphatic rings. The fourth-order valence-electron chi connectivity index (χ4n) is 4.00. The second-order valence-corrected chi connectivity index (χ2v) is 8.10. The molecule has 1 aromatic heterocycles. The molecule has 5 nitrogen and oxygen atoms in total. The number of thiazole rings is 1. The molecule has 2 aliphatic heterocycles. The van der Waals surface area contributed by atoms with Gasteiger partial charge in [0.2, 0.25) is 5.91 Å². The average Bonchev–Trinajstić information content (AvgIpc) is 2.98. The summed E-state index contributed by atoms with van der Waals surface area (Å²) in [4.78, 5) is 22.7. The normalized spacial score (nSPS) is 27.3. The quantitative estimate of drug-likeness (QED) is 0.886. The summed E-state index contributed by atoms with van der Waals surface area (Å²) in [7, 11) is 0. The smallest absolute Gasteiger partial charge is 0.247 e. The third-order valence-electron chi connectivity index (χ3n) is 5.32. The maximum absolute atomic E-state index is 12.8. The molecule has 3 heterocycles. The number of carbonyl (C=O) groups is 1. The van der Waals surface area contributed by atoms with Crippen molar-refractivity contribution >= 4 is 34.0 Å². The Morgan fingerprint density at radius 1 is 1.17 bits per heavy atom. The molecule has 1 aromatic rings. The van der Waals surface area contributed by atoms with Gasteiger partial charge >= 0.3 is 0 Å². The van der Waals surface area contributed by atoms with E-state index in [1.807, 2.05) is 4.90 Å². The Balaban J connectivity index is 1.54. The molecule has 1 N–H and O–H groups in total. The molecule has 0 unspecified atom stereocenters. The van der Waals surface area contributed by atoms with E-state index in [0.717, 1.165) is 37.9 Å². The highest BCUT2D eigenvalue weighted by molar-refractivity contribution is 7.16. The summed E-state index contributed by atoms with van der Waals surface area (Å²) in [6.45, 7) is 4.32. The number of anilines is 1. The molecule has 1 atom stereocenters. The Morgan fingerprint density at radius 3 is 2.83 bits per heavy atom. The molecule has 1 saturated carbocycles. The van der Waals surface area contributed by atoms with Gasteiger partial charge in [0.15, 0.2) is 5.13 Å². The lowest BCUT2D eigenvalue weighted by Crippen LogP contribution is -2.64. The Kier molecular flexibility index (Phi) is 4.58. The molecule has 3 fully saturated rings. The number of halogens is 1. The van der Waals surface area contributed by atoms with Gasteiger partial charge in [-0.15, -0.1) is 0 Å². The van der Waals surface area contributed by atoms with Crippen LogP contribution in [0, 0.1) is 0 Å². The highest BCUT2D eigenvalue weighted by Crippen LogP contribution is 2.42. The van der Waals surface area contributed by atoms with Crippen LogP contribution in [0.2, 0.25) is 5.15 Å². The molecule has 0 spiro atoms. The number of hydrogen-bond donors (Lipinski definition) is 1. The SMILES string of the molecule is O=C1[C@@H]2CNCCN2CCN1c1nc(Cl)c(C2CCCCC2)s1. The van der Waals surface area contributed by atoms with Crippen LogP contribution in [0.3, 0.4) is 0 Å². The lowest BCUT2D eigenvalue weighted by Gasteiger charge is -2.42. The summed E-state index contributed by atoms with van der Waals surface area (Å²) in [5.74, 6) is 0.708. The number of carbonyl (C=O) groups excluding carboxylic acids is 1. The van der Waals surface area contributed by atoms with Gasteiger partial charge in [-0.1, -0.05) is 42.2 Å². The Labute approximate surface area is 146 Å². The van der Waals surface area contributed by atoms with E-state index in [0.29, 0.717) is 11.1 Å². The van der Waals surface area contributed by atoms with Crippen LogP contribution >= 0.6 is 22.9 Å². The second kappa shape index (κ2) is 6.67. The topological polar surface area (TPSA) is 48.5 Å². The first-order valence-electron chi connectivity index (χ1n) is 8.66. The van der Waals surface area contributed by atoms with E-state index in [9.17, 15) is 4.79 Å². The third kappa shape index (κ3) is 3.02. The van der Waals surface area contributed by atoms with Gasteiger partial charge in [-0.2, -0.15) is 0 Å². The van der Waals surface area contributed by atoms with Crippen molar-refractivity contribution < 1.29 is 4.79 Å². The Morgan fingerprint density at radius 2 is 2.00 bits per heavy atom. The largest absolute Gasteiger partial charge is 0.313 e. The minimum Gasteiger partial charge on any atom is -0.313 e. The average molecular weight is 355 g/mol. The zero-order valence-corrected chi connectivity index (χ0v) is 14.8. The third-order valence-corrected chi connectivity index (χ3v) is 6.96. The molecule has 2 saturated heterocycles. The summed E-state index contributed by atoms with van der Waals surface area (Å²) >= 11 is 8.06. The summed E-state index contributed by atoms with van der Waals surface area (Å²) in [6, 6.07) is -0.0432. The molecule has 0 bridgehead atoms. The summed E-state index contributed by atoms with van der Waals surface area (Å²) < 4.78 is 0. The first kappa shape index (κ1) is 15.8. The predicted molar refractivity (Wildman–Crippen MR) is 93.5 cm³/mol. The van der Waals surface area contributed by atoms with Gasteiger partial charge in [-0.25, -0.2) is 4.98 Å². The van der Waals surface area contributed by atoms with Gasteiger partial charge < -0.3 is 5.32 Å². The minimum absolute atomic E-state index is 0.0432. The summed E-state index contributed by atoms with van der Waals surface area (Å²) in [6.07, 6.45) is 6.29. The van der Waals surface area contributed by atoms with Crippen LogP contribution in [0.4, 0.5) is 5.13 Å². The van der Waals surface area contributed by atoms with Crippen LogP contribution < -0.4 is 10.2 Å². The zero-order chi connectivity index (χ0) is 15.8. The second-order valence-electron chi connectivity index (χ2n) is 6.73. The number of fused-ring (bicyclic) bond motifs is 1. The van der Waals surface area contributed by atoms with Crippen LogP contribution in [0.5, 0.6) is 0 Å². The number of amides is 1. The number of rotatable bonds is 2. The molecule has 0 aromatic carbocycles. The van der Waals surface area contributed by atoms with E-state index in [2.05, 4.69) is 15.2 Å². The number of aromatic nitrogens is 1. The van der Waals surface area contributed by atoms with Crippen molar-refractivity contribution in [2.24, 2.45) is 0 Å². The van der Waals surface area contributed by atoms with Crippen molar-refractivity contribution in [1.82, 2.24) is 15.2 Å². The Bertz CT molecular complexity index is 587. The van der Waals surface area contributed by atoms with Gasteiger partial charge in [0.1, 0.15) is 11.2 Å². The van der Waals surface area contributed by atoms with E-state index in [1.54, 1.807) is 11.3 Å². The lowest BCUT2D eigenvalue weighted by atomic mass is 9.88. The molecule has 0 radical (unpaired) electrons. The van der Waals surface area contributed by atoms with Crippen LogP contribution in [-0.4, -0.2) is 54.6 Å². The van der Waals surface area contributed by atoms with Crippen molar-refractivity contribution in [2.45, 2.75) is 44.1 Å². The first-order chi connectivity index (χ1) is 11.2. The molecule has 1 amide bonds. The molecular formula is C16H23ClN4OS. The molecule has 126 valence electrons. The molecular weight excluding hydrogens is 332 g/mol. The maximum Gasteiger partial charge on any atom is 0.247 e. The van der Waals surface area contributed by atoms with E-state index in [1.165, 1.54) is 37.0 Å². The molecule has 23 heavy (non-hydrogen) atoms. The van der Waals surface area contributed by atoms with Crippen molar-refractivity contribution in [3.05, 3.63) is 10.0 Å². The van der Waals surface area contributed by atoms with Crippen LogP contribution in [0.1, 0.15) is 42.9 Å². The van der Waals surface area contributed by atoms with E-state index >= 15 is 0 Å². The fourth-order valence-corrected chi connectivity index (χ4v) is 5.56. The number of hydrogen-bond acceptors (Lipinski definition) is 5. The van der Waals surface area contributed by atoms with Crippen molar-refractivity contribution in [2.75, 3.05) is 37.6 Å². The van der Waals surface area contributed by atoms with Gasteiger partial charge in [0.05, 0.1) is 0 Å². The zero-order valence-electron chi connectivity index (χ0n) is 13.3. The monoisotopic (exact) mass is 354 g/mol. The number of nitrogens with zero attached hydrogens (tertiary/aromatic N) is 3. The standard InChI is InChI=1S/C16H23ClN4OS/c17-14-13(11-4-2-1-3-5-11)23-16(19-14)21-9-8-20-7-6-18-10-12(20)15(21)22/h11-12,18H,1-10H2/t12-/m0/s1. The summed E-state index contributed by atoms with van der Waals surface area (Å²) in [5.41, 5.74) is 0. The molecule has 4 rings (SSSR count). The fraction of sp³-hybridized carbons (Fsp3) is 0.750. The van der Waals surface area contributed by atoms with Crippen molar-refractivity contribution in [3.8, 4) is 0 Å². The van der Waals surface area contributed by atoms with Crippen molar-refractivity contribution in [3.63, 3.8) is 0 Å². The van der Waals surface area contributed by atoms with Gasteiger partial charge in [-0.3, -0.25) is 14.6 Å². The van der Waals surface area contributed by atoms with Gasteiger partial charge in [-0.05, 0) is 18.8 Å². The van der Waals surface area contributed by atoms with Gasteiger partial charge in [0.25, 0.3) is 0 Å². The molecule has 7 heteroatoms. The predicted octanol–water partition coefficient (Wildman–Crippen LogP) is 2.46. The number of piperazine rings is 2. The van der Waals surface area contributed by atoms with E-state index in [-0.39, 0.29) is 11.9 Å². The van der Waals surface area contributed by atoms with Crippen LogP contribution in [0.15, 0.2) is 0 Å². The highest BCUT2D eigenvalue weighted by Gasteiger charge is 2.38. The first-order valence-corrected chi connectivity index (χ1v) is 9.86.